The van der Waals surface area contributed by atoms with Gasteiger partial charge in [0.1, 0.15) is 11.9 Å². The lowest BCUT2D eigenvalue weighted by Gasteiger charge is -2.33. The third-order valence-electron chi connectivity index (χ3n) is 3.47. The van der Waals surface area contributed by atoms with E-state index in [2.05, 4.69) is 27.6 Å². The second-order valence-corrected chi connectivity index (χ2v) is 5.80. The molecule has 2 aliphatic rings. The fourth-order valence-corrected chi connectivity index (χ4v) is 2.90. The van der Waals surface area contributed by atoms with Crippen LogP contribution in [0.3, 0.4) is 0 Å². The van der Waals surface area contributed by atoms with Crippen LogP contribution in [0, 0.1) is 9.49 Å². The molecule has 2 fully saturated rings. The fraction of sp³-hybridized carbons (Fsp3) is 0.500. The van der Waals surface area contributed by atoms with Crippen molar-refractivity contribution in [1.29, 1.82) is 0 Å². The van der Waals surface area contributed by atoms with Gasteiger partial charge in [-0.1, -0.05) is 0 Å². The Morgan fingerprint density at radius 1 is 1.41 bits per heavy atom. The first-order chi connectivity index (χ1) is 8.24. The number of pyridine rings is 1. The summed E-state index contributed by atoms with van der Waals surface area (Å²) in [4.78, 5) is 17.8. The molecule has 1 aliphatic carbocycles. The molecule has 2 unspecified atom stereocenters. The Morgan fingerprint density at radius 3 is 3.06 bits per heavy atom. The fourth-order valence-electron chi connectivity index (χ4n) is 2.58. The van der Waals surface area contributed by atoms with Gasteiger partial charge < -0.3 is 4.74 Å². The van der Waals surface area contributed by atoms with Crippen molar-refractivity contribution in [1.82, 2.24) is 4.98 Å². The molecule has 17 heavy (non-hydrogen) atoms. The highest BCUT2D eigenvalue weighted by Gasteiger charge is 2.39. The van der Waals surface area contributed by atoms with Gasteiger partial charge in [-0.2, -0.15) is 0 Å². The first kappa shape index (κ1) is 11.3. The lowest BCUT2D eigenvalue weighted by molar-refractivity contribution is 0.0633. The van der Waals surface area contributed by atoms with Gasteiger partial charge in [-0.25, -0.2) is 9.78 Å². The second-order valence-electron chi connectivity index (χ2n) is 4.56. The molecular formula is C12H13IN2O2. The van der Waals surface area contributed by atoms with E-state index >= 15 is 0 Å². The van der Waals surface area contributed by atoms with E-state index in [1.54, 1.807) is 11.1 Å². The number of nitrogens with zero attached hydrogens (tertiary/aromatic N) is 2. The van der Waals surface area contributed by atoms with Gasteiger partial charge in [-0.3, -0.25) is 4.90 Å². The van der Waals surface area contributed by atoms with Crippen LogP contribution >= 0.6 is 22.6 Å². The van der Waals surface area contributed by atoms with Gasteiger partial charge in [0.25, 0.3) is 0 Å². The van der Waals surface area contributed by atoms with Crippen LogP contribution in [0.1, 0.15) is 19.3 Å². The molecule has 2 atom stereocenters. The monoisotopic (exact) mass is 344 g/mol. The molecule has 0 spiro atoms. The minimum atomic E-state index is -0.248. The summed E-state index contributed by atoms with van der Waals surface area (Å²) in [6.07, 6.45) is 4.99. The van der Waals surface area contributed by atoms with Crippen LogP contribution in [0.15, 0.2) is 18.3 Å². The molecule has 1 saturated heterocycles. The molecule has 5 heteroatoms. The lowest BCUT2D eigenvalue weighted by atomic mass is 10.0. The lowest BCUT2D eigenvalue weighted by Crippen LogP contribution is -2.46. The summed E-state index contributed by atoms with van der Waals surface area (Å²) in [6, 6.07) is 3.83. The molecule has 1 saturated carbocycles. The van der Waals surface area contributed by atoms with Crippen molar-refractivity contribution in [2.75, 3.05) is 11.4 Å². The largest absolute Gasteiger partial charge is 0.445 e. The number of ether oxygens (including phenoxy) is 1. The molecule has 1 aromatic rings. The van der Waals surface area contributed by atoms with Crippen molar-refractivity contribution in [3.63, 3.8) is 0 Å². The van der Waals surface area contributed by atoms with Crippen LogP contribution in [0.5, 0.6) is 0 Å². The molecule has 0 N–H and O–H groups in total. The topological polar surface area (TPSA) is 42.4 Å². The minimum Gasteiger partial charge on any atom is -0.445 e. The third-order valence-corrected chi connectivity index (χ3v) is 4.11. The van der Waals surface area contributed by atoms with Gasteiger partial charge in [0.2, 0.25) is 0 Å². The minimum absolute atomic E-state index is 0.141. The third kappa shape index (κ3) is 2.12. The zero-order valence-corrected chi connectivity index (χ0v) is 11.5. The highest BCUT2D eigenvalue weighted by Crippen LogP contribution is 2.34. The number of hydrogen-bond donors (Lipinski definition) is 0. The normalized spacial score (nSPS) is 27.8. The van der Waals surface area contributed by atoms with Gasteiger partial charge in [-0.05, 0) is 54.0 Å². The second kappa shape index (κ2) is 4.44. The van der Waals surface area contributed by atoms with Gasteiger partial charge in [0, 0.05) is 22.2 Å². The van der Waals surface area contributed by atoms with Gasteiger partial charge in [0.15, 0.2) is 0 Å². The van der Waals surface area contributed by atoms with Crippen molar-refractivity contribution in [2.45, 2.75) is 25.4 Å². The van der Waals surface area contributed by atoms with E-state index in [1.807, 2.05) is 12.1 Å². The number of carbonyl (C=O) groups excluding carboxylic acids is 1. The van der Waals surface area contributed by atoms with E-state index in [-0.39, 0.29) is 12.2 Å². The quantitative estimate of drug-likeness (QED) is 0.736. The summed E-state index contributed by atoms with van der Waals surface area (Å²) in [5.41, 5.74) is 0. The van der Waals surface area contributed by atoms with E-state index < -0.39 is 0 Å². The molecule has 1 aliphatic heterocycles. The molecule has 1 amide bonds. The Kier molecular flexibility index (Phi) is 2.94. The summed E-state index contributed by atoms with van der Waals surface area (Å²) >= 11 is 2.20. The maximum atomic E-state index is 11.9. The van der Waals surface area contributed by atoms with E-state index in [0.29, 0.717) is 11.7 Å². The maximum absolute atomic E-state index is 11.9. The molecule has 2 heterocycles. The number of aromatic nitrogens is 1. The van der Waals surface area contributed by atoms with E-state index in [4.69, 9.17) is 4.74 Å². The smallest absolute Gasteiger partial charge is 0.415 e. The molecule has 0 radical (unpaired) electrons. The van der Waals surface area contributed by atoms with Crippen molar-refractivity contribution in [3.8, 4) is 0 Å². The number of carbonyl (C=O) groups is 1. The van der Waals surface area contributed by atoms with Crippen LogP contribution in [-0.4, -0.2) is 23.7 Å². The van der Waals surface area contributed by atoms with Crippen LogP contribution < -0.4 is 4.90 Å². The molecule has 1 aromatic heterocycles. The van der Waals surface area contributed by atoms with Crippen LogP contribution in [0.4, 0.5) is 10.6 Å². The Labute approximate surface area is 113 Å². The molecule has 4 nitrogen and oxygen atoms in total. The number of hydrogen-bond acceptors (Lipinski definition) is 3. The van der Waals surface area contributed by atoms with Crippen LogP contribution in [0.25, 0.3) is 0 Å². The highest BCUT2D eigenvalue weighted by molar-refractivity contribution is 14.1. The predicted octanol–water partition coefficient (Wildman–Crippen LogP) is 2.81. The van der Waals surface area contributed by atoms with Gasteiger partial charge in [-0.15, -0.1) is 0 Å². The standard InChI is InChI=1S/C12H13IN2O2/c13-9-4-5-11(14-6-9)15-7-8-2-1-3-10(8)17-12(15)16/h4-6,8,10H,1-3,7H2. The number of fused-ring (bicyclic) bond motifs is 1. The summed E-state index contributed by atoms with van der Waals surface area (Å²) in [5, 5.41) is 0. The first-order valence-corrected chi connectivity index (χ1v) is 6.91. The summed E-state index contributed by atoms with van der Waals surface area (Å²) < 4.78 is 6.52. The van der Waals surface area contributed by atoms with Crippen molar-refractivity contribution in [3.05, 3.63) is 21.9 Å². The molecule has 3 rings (SSSR count). The zero-order valence-electron chi connectivity index (χ0n) is 9.30. The molecule has 0 aromatic carbocycles. The number of rotatable bonds is 1. The van der Waals surface area contributed by atoms with Gasteiger partial charge in [0.05, 0.1) is 0 Å². The zero-order chi connectivity index (χ0) is 11.8. The number of amides is 1. The Morgan fingerprint density at radius 2 is 2.29 bits per heavy atom. The van der Waals surface area contributed by atoms with Gasteiger partial charge >= 0.3 is 6.09 Å². The Bertz CT molecular complexity index is 435. The molecular weight excluding hydrogens is 331 g/mol. The summed E-state index contributed by atoms with van der Waals surface area (Å²) in [5.74, 6) is 1.18. The highest BCUT2D eigenvalue weighted by atomic mass is 127. The van der Waals surface area contributed by atoms with Crippen molar-refractivity contribution in [2.24, 2.45) is 5.92 Å². The Balaban J connectivity index is 1.83. The number of halogens is 1. The summed E-state index contributed by atoms with van der Waals surface area (Å²) in [7, 11) is 0. The van der Waals surface area contributed by atoms with E-state index in [9.17, 15) is 4.79 Å². The van der Waals surface area contributed by atoms with Crippen molar-refractivity contribution < 1.29 is 9.53 Å². The average molecular weight is 344 g/mol. The van der Waals surface area contributed by atoms with E-state index in [1.165, 1.54) is 0 Å². The van der Waals surface area contributed by atoms with Crippen molar-refractivity contribution >= 4 is 34.5 Å². The predicted molar refractivity (Wildman–Crippen MR) is 71.9 cm³/mol. The first-order valence-electron chi connectivity index (χ1n) is 5.84. The Hall–Kier alpha value is -0.850. The summed E-state index contributed by atoms with van der Waals surface area (Å²) in [6.45, 7) is 0.747. The molecule has 90 valence electrons. The van der Waals surface area contributed by atoms with E-state index in [0.717, 1.165) is 29.4 Å². The SMILES string of the molecule is O=C1OC2CCCC2CN1c1ccc(I)cn1. The maximum Gasteiger partial charge on any atom is 0.415 e. The molecule has 0 bridgehead atoms. The number of anilines is 1. The van der Waals surface area contributed by atoms with Crippen LogP contribution in [0.2, 0.25) is 0 Å². The average Bonchev–Trinajstić information content (AvgIpc) is 2.76. The van der Waals surface area contributed by atoms with Crippen LogP contribution in [-0.2, 0) is 4.74 Å².